The first kappa shape index (κ1) is 48.7. The zero-order chi connectivity index (χ0) is 42.0. The molecule has 4 nitrogen and oxygen atoms in total. The van der Waals surface area contributed by atoms with E-state index in [4.69, 9.17) is 21.6 Å². The number of hydrogen-bond donors (Lipinski definition) is 0. The van der Waals surface area contributed by atoms with Gasteiger partial charge >= 0.3 is 0 Å². The summed E-state index contributed by atoms with van der Waals surface area (Å²) in [6.45, 7) is 0. The molecular formula is C52H48MoN4P4. The predicted molar refractivity (Wildman–Crippen MR) is 263 cm³/mol. The molecule has 8 aromatic rings. The smallest absolute Gasteiger partial charge is 0 e. The maximum atomic E-state index is 6.00. The van der Waals surface area contributed by atoms with Gasteiger partial charge in [0.15, 0.2) is 0 Å². The summed E-state index contributed by atoms with van der Waals surface area (Å²) in [7, 11) is -1.39. The van der Waals surface area contributed by atoms with Gasteiger partial charge in [-0.15, -0.1) is 0 Å². The first-order valence-corrected chi connectivity index (χ1v) is 25.8. The van der Waals surface area contributed by atoms with E-state index in [-0.39, 0.29) is 52.8 Å². The van der Waals surface area contributed by atoms with Crippen LogP contribution in [0.3, 0.4) is 0 Å². The molecule has 0 atom stereocenters. The van der Waals surface area contributed by atoms with Crippen molar-refractivity contribution in [3.8, 4) is 0 Å². The van der Waals surface area contributed by atoms with E-state index in [9.17, 15) is 0 Å². The van der Waals surface area contributed by atoms with Crippen LogP contribution in [0.15, 0.2) is 243 Å². The van der Waals surface area contributed by atoms with Crippen LogP contribution in [0.4, 0.5) is 0 Å². The number of hydrogen-bond acceptors (Lipinski definition) is 4. The SMILES string of the molecule is N#N.N#N.[Mo].c1ccc(P(CCP(c2ccccc2)c2ccccc2)c2ccccc2)cc1.c1ccc(P(CCP(c2ccccc2)c2ccccc2)c2ccccc2)cc1. The third-order valence-electron chi connectivity index (χ3n) is 9.64. The fourth-order valence-electron chi connectivity index (χ4n) is 6.89. The Morgan fingerprint density at radius 3 is 0.393 bits per heavy atom. The zero-order valence-corrected chi connectivity index (χ0v) is 39.5. The average molecular weight is 949 g/mol. The van der Waals surface area contributed by atoms with Gasteiger partial charge < -0.3 is 0 Å². The van der Waals surface area contributed by atoms with Crippen molar-refractivity contribution in [2.45, 2.75) is 0 Å². The number of benzene rings is 8. The molecule has 302 valence electrons. The maximum Gasteiger partial charge on any atom is 0 e. The van der Waals surface area contributed by atoms with Gasteiger partial charge in [0.25, 0.3) is 0 Å². The van der Waals surface area contributed by atoms with Crippen molar-refractivity contribution in [1.82, 2.24) is 0 Å². The van der Waals surface area contributed by atoms with Gasteiger partial charge in [0.05, 0.1) is 0 Å². The number of rotatable bonds is 14. The molecule has 0 bridgehead atoms. The molecular weight excluding hydrogens is 900 g/mol. The summed E-state index contributed by atoms with van der Waals surface area (Å²) in [6, 6.07) is 88.4. The van der Waals surface area contributed by atoms with E-state index in [1.165, 1.54) is 67.1 Å². The van der Waals surface area contributed by atoms with Gasteiger partial charge in [-0.2, -0.15) is 0 Å². The summed E-state index contributed by atoms with van der Waals surface area (Å²) in [4.78, 5) is 0. The third kappa shape index (κ3) is 15.1. The van der Waals surface area contributed by atoms with Gasteiger partial charge in [-0.25, -0.2) is 0 Å². The Kier molecular flexibility index (Phi) is 22.8. The molecule has 8 rings (SSSR count). The van der Waals surface area contributed by atoms with Crippen LogP contribution in [0.2, 0.25) is 0 Å². The monoisotopic (exact) mass is 950 g/mol. The Labute approximate surface area is 381 Å². The minimum absolute atomic E-state index is 0. The third-order valence-corrected chi connectivity index (χ3v) is 20.4. The first-order valence-electron chi connectivity index (χ1n) is 19.7. The van der Waals surface area contributed by atoms with Crippen molar-refractivity contribution in [2.75, 3.05) is 24.6 Å². The van der Waals surface area contributed by atoms with Crippen molar-refractivity contribution in [3.63, 3.8) is 0 Å². The molecule has 9 heteroatoms. The van der Waals surface area contributed by atoms with Crippen LogP contribution in [-0.2, 0) is 21.1 Å². The zero-order valence-electron chi connectivity index (χ0n) is 33.9. The molecule has 0 saturated heterocycles. The van der Waals surface area contributed by atoms with Crippen LogP contribution >= 0.6 is 31.7 Å². The summed E-state index contributed by atoms with van der Waals surface area (Å²) < 4.78 is 0. The quantitative estimate of drug-likeness (QED) is 0.0616. The van der Waals surface area contributed by atoms with Crippen molar-refractivity contribution in [2.24, 2.45) is 0 Å². The largest absolute Gasteiger partial charge is 0.0622 e. The van der Waals surface area contributed by atoms with Gasteiger partial charge in [-0.1, -0.05) is 243 Å². The molecule has 0 aliphatic heterocycles. The molecule has 61 heavy (non-hydrogen) atoms. The van der Waals surface area contributed by atoms with Crippen LogP contribution in [0.5, 0.6) is 0 Å². The fourth-order valence-corrected chi connectivity index (χ4v) is 17.6. The second kappa shape index (κ2) is 28.5. The van der Waals surface area contributed by atoms with Crippen molar-refractivity contribution >= 4 is 74.1 Å². The Hall–Kier alpha value is -4.99. The Morgan fingerprint density at radius 2 is 0.295 bits per heavy atom. The molecule has 0 saturated carbocycles. The molecule has 0 fully saturated rings. The molecule has 0 heterocycles. The van der Waals surface area contributed by atoms with Crippen LogP contribution in [0.25, 0.3) is 0 Å². The Morgan fingerprint density at radius 1 is 0.197 bits per heavy atom. The van der Waals surface area contributed by atoms with Crippen molar-refractivity contribution in [3.05, 3.63) is 243 Å². The molecule has 8 aromatic carbocycles. The second-order valence-corrected chi connectivity index (χ2v) is 22.6. The summed E-state index contributed by atoms with van der Waals surface area (Å²) in [6.07, 6.45) is 4.83. The first-order chi connectivity index (χ1) is 29.8. The van der Waals surface area contributed by atoms with E-state index in [1.54, 1.807) is 0 Å². The van der Waals surface area contributed by atoms with Crippen LogP contribution in [0, 0.1) is 21.6 Å². The summed E-state index contributed by atoms with van der Waals surface area (Å²) in [5.41, 5.74) is 0. The van der Waals surface area contributed by atoms with E-state index in [0.717, 1.165) is 0 Å². The molecule has 0 amide bonds. The predicted octanol–water partition coefficient (Wildman–Crippen LogP) is 10.6. The molecule has 0 unspecified atom stereocenters. The Balaban J connectivity index is 0.000000245. The minimum Gasteiger partial charge on any atom is -0.0622 e. The van der Waals surface area contributed by atoms with Gasteiger partial charge in [-0.3, -0.25) is 0 Å². The minimum atomic E-state index is -0.348. The summed E-state index contributed by atoms with van der Waals surface area (Å²) in [5, 5.41) is 35.8. The standard InChI is InChI=1S/2C26H24P2.Mo.2N2/c2*1-5-13-23(14-6-1)27(24-15-7-2-8-16-24)21-22-28(25-17-9-3-10-18-25)26-19-11-4-12-20-26;;2*1-2/h2*1-20H,21-22H2;;;. The fraction of sp³-hybridized carbons (Fsp3) is 0.0769. The molecule has 0 aliphatic rings. The normalized spacial score (nSPS) is 10.2. The Bertz CT molecular complexity index is 1870. The van der Waals surface area contributed by atoms with Crippen molar-refractivity contribution < 1.29 is 21.1 Å². The molecule has 0 aliphatic carbocycles. The van der Waals surface area contributed by atoms with Gasteiger partial charge in [0, 0.05) is 42.6 Å². The van der Waals surface area contributed by atoms with Crippen molar-refractivity contribution in [1.29, 1.82) is 21.6 Å². The van der Waals surface area contributed by atoms with Crippen LogP contribution in [0.1, 0.15) is 0 Å². The second-order valence-electron chi connectivity index (χ2n) is 13.3. The molecule has 0 aromatic heterocycles. The topological polar surface area (TPSA) is 95.2 Å². The van der Waals surface area contributed by atoms with E-state index in [1.807, 2.05) is 0 Å². The molecule has 0 N–H and O–H groups in total. The summed E-state index contributed by atoms with van der Waals surface area (Å²) in [5.74, 6) is 0. The van der Waals surface area contributed by atoms with Crippen LogP contribution < -0.4 is 42.4 Å². The molecule has 0 radical (unpaired) electrons. The van der Waals surface area contributed by atoms with Gasteiger partial charge in [-0.05, 0) is 98.8 Å². The summed E-state index contributed by atoms with van der Waals surface area (Å²) >= 11 is 0. The molecule has 0 spiro atoms. The van der Waals surface area contributed by atoms with Gasteiger partial charge in [0.2, 0.25) is 0 Å². The number of nitrogens with zero attached hydrogens (tertiary/aromatic N) is 4. The van der Waals surface area contributed by atoms with E-state index in [0.29, 0.717) is 0 Å². The van der Waals surface area contributed by atoms with E-state index < -0.39 is 0 Å². The van der Waals surface area contributed by atoms with Crippen LogP contribution in [-0.4, -0.2) is 24.6 Å². The maximum absolute atomic E-state index is 6.00. The van der Waals surface area contributed by atoms with E-state index in [2.05, 4.69) is 243 Å². The average Bonchev–Trinajstić information content (AvgIpc) is 3.35. The van der Waals surface area contributed by atoms with E-state index >= 15 is 0 Å². The van der Waals surface area contributed by atoms with Gasteiger partial charge in [0.1, 0.15) is 0 Å².